The third-order valence-corrected chi connectivity index (χ3v) is 4.22. The zero-order chi connectivity index (χ0) is 18.7. The number of hydrogen-bond donors (Lipinski definition) is 1. The average molecular weight is 354 g/mol. The van der Waals surface area contributed by atoms with Crippen molar-refractivity contribution < 1.29 is 18.3 Å². The summed E-state index contributed by atoms with van der Waals surface area (Å²) in [7, 11) is 0. The molecule has 1 aromatic rings. The molecule has 4 nitrogen and oxygen atoms in total. The van der Waals surface area contributed by atoms with E-state index in [2.05, 4.69) is 5.32 Å². The predicted molar refractivity (Wildman–Crippen MR) is 93.9 cm³/mol. The van der Waals surface area contributed by atoms with Crippen LogP contribution < -0.4 is 5.32 Å². The minimum atomic E-state index is -3.13. The molecule has 140 valence electrons. The van der Waals surface area contributed by atoms with Crippen LogP contribution in [0.2, 0.25) is 0 Å². The Morgan fingerprint density at radius 1 is 1.20 bits per heavy atom. The van der Waals surface area contributed by atoms with Gasteiger partial charge in [-0.15, -0.1) is 0 Å². The number of benzene rings is 1. The molecular formula is C19H28F2N2O2. The Labute approximate surface area is 148 Å². The Bertz CT molecular complexity index is 576. The van der Waals surface area contributed by atoms with E-state index in [-0.39, 0.29) is 11.6 Å². The number of nitrogens with one attached hydrogen (secondary N) is 1. The second-order valence-electron chi connectivity index (χ2n) is 7.66. The molecule has 0 aromatic heterocycles. The average Bonchev–Trinajstić information content (AvgIpc) is 2.52. The van der Waals surface area contributed by atoms with Crippen LogP contribution in [0.5, 0.6) is 0 Å². The molecule has 0 spiro atoms. The van der Waals surface area contributed by atoms with Crippen LogP contribution in [0.4, 0.5) is 13.6 Å². The molecule has 2 rings (SSSR count). The smallest absolute Gasteiger partial charge is 0.410 e. The van der Waals surface area contributed by atoms with Gasteiger partial charge < -0.3 is 10.1 Å². The number of aryl methyl sites for hydroxylation is 1. The first kappa shape index (κ1) is 19.6. The molecule has 1 aromatic carbocycles. The van der Waals surface area contributed by atoms with Gasteiger partial charge in [0.15, 0.2) is 0 Å². The van der Waals surface area contributed by atoms with Gasteiger partial charge in [-0.1, -0.05) is 29.8 Å². The molecule has 1 saturated heterocycles. The summed E-state index contributed by atoms with van der Waals surface area (Å²) in [5.74, 6) is -3.13. The molecule has 0 unspecified atom stereocenters. The first-order valence-corrected chi connectivity index (χ1v) is 8.74. The van der Waals surface area contributed by atoms with Crippen LogP contribution in [0, 0.1) is 6.92 Å². The fourth-order valence-electron chi connectivity index (χ4n) is 2.88. The summed E-state index contributed by atoms with van der Waals surface area (Å²) in [6.07, 6.45) is 0.609. The van der Waals surface area contributed by atoms with Gasteiger partial charge >= 0.3 is 6.09 Å². The molecule has 1 fully saturated rings. The fraction of sp³-hybridized carbons (Fsp3) is 0.632. The second kappa shape index (κ2) is 7.68. The SMILES string of the molecule is Cc1ccc(C(F)(F)CN(C(=O)OC(C)(C)C)C2CCNCC2)cc1. The van der Waals surface area contributed by atoms with Gasteiger partial charge in [0.1, 0.15) is 5.60 Å². The van der Waals surface area contributed by atoms with Gasteiger partial charge in [0.05, 0.1) is 6.54 Å². The lowest BCUT2D eigenvalue weighted by molar-refractivity contribution is -0.0588. The van der Waals surface area contributed by atoms with E-state index in [0.29, 0.717) is 25.9 Å². The Morgan fingerprint density at radius 3 is 2.28 bits per heavy atom. The number of rotatable bonds is 4. The van der Waals surface area contributed by atoms with Gasteiger partial charge in [-0.25, -0.2) is 4.79 Å². The van der Waals surface area contributed by atoms with Crippen LogP contribution in [0.25, 0.3) is 0 Å². The van der Waals surface area contributed by atoms with Gasteiger partial charge in [-0.3, -0.25) is 4.90 Å². The molecule has 1 aliphatic rings. The van der Waals surface area contributed by atoms with Gasteiger partial charge in [0.2, 0.25) is 0 Å². The standard InChI is InChI=1S/C19H28F2N2O2/c1-14-5-7-15(8-6-14)19(20,21)13-23(16-9-11-22-12-10-16)17(24)25-18(2,3)4/h5-8,16,22H,9-13H2,1-4H3. The van der Waals surface area contributed by atoms with Gasteiger partial charge in [-0.2, -0.15) is 8.78 Å². The number of nitrogens with zero attached hydrogens (tertiary/aromatic N) is 1. The lowest BCUT2D eigenvalue weighted by Crippen LogP contribution is -2.51. The van der Waals surface area contributed by atoms with Crippen LogP contribution >= 0.6 is 0 Å². The lowest BCUT2D eigenvalue weighted by Gasteiger charge is -2.37. The summed E-state index contributed by atoms with van der Waals surface area (Å²) >= 11 is 0. The van der Waals surface area contributed by atoms with E-state index in [9.17, 15) is 13.6 Å². The molecule has 1 amide bonds. The van der Waals surface area contributed by atoms with E-state index in [1.54, 1.807) is 32.9 Å². The van der Waals surface area contributed by atoms with Crippen molar-refractivity contribution in [3.05, 3.63) is 35.4 Å². The minimum absolute atomic E-state index is 0.0828. The van der Waals surface area contributed by atoms with E-state index < -0.39 is 24.2 Å². The van der Waals surface area contributed by atoms with E-state index in [4.69, 9.17) is 4.74 Å². The normalized spacial score (nSPS) is 16.6. The van der Waals surface area contributed by atoms with Crippen molar-refractivity contribution in [2.75, 3.05) is 19.6 Å². The summed E-state index contributed by atoms with van der Waals surface area (Å²) in [6.45, 7) is 7.82. The van der Waals surface area contributed by atoms with Crippen LogP contribution in [0.1, 0.15) is 44.7 Å². The molecule has 1 heterocycles. The van der Waals surface area contributed by atoms with Crippen molar-refractivity contribution in [3.63, 3.8) is 0 Å². The number of carbonyl (C=O) groups excluding carboxylic acids is 1. The zero-order valence-corrected chi connectivity index (χ0v) is 15.4. The molecule has 0 atom stereocenters. The summed E-state index contributed by atoms with van der Waals surface area (Å²) < 4.78 is 35.0. The maximum Gasteiger partial charge on any atom is 0.410 e. The Kier molecular flexibility index (Phi) is 6.03. The van der Waals surface area contributed by atoms with E-state index in [1.165, 1.54) is 17.0 Å². The van der Waals surface area contributed by atoms with Crippen LogP contribution in [-0.4, -0.2) is 42.3 Å². The quantitative estimate of drug-likeness (QED) is 0.886. The summed E-state index contributed by atoms with van der Waals surface area (Å²) in [4.78, 5) is 13.8. The molecule has 0 radical (unpaired) electrons. The fourth-order valence-corrected chi connectivity index (χ4v) is 2.88. The van der Waals surface area contributed by atoms with Crippen molar-refractivity contribution in [1.29, 1.82) is 0 Å². The molecule has 6 heteroatoms. The molecule has 25 heavy (non-hydrogen) atoms. The lowest BCUT2D eigenvalue weighted by atomic mass is 10.0. The third kappa shape index (κ3) is 5.66. The zero-order valence-electron chi connectivity index (χ0n) is 15.4. The molecule has 0 bridgehead atoms. The first-order chi connectivity index (χ1) is 11.6. The molecule has 0 aliphatic carbocycles. The third-order valence-electron chi connectivity index (χ3n) is 4.22. The highest BCUT2D eigenvalue weighted by atomic mass is 19.3. The highest BCUT2D eigenvalue weighted by Crippen LogP contribution is 2.31. The van der Waals surface area contributed by atoms with Gasteiger partial charge in [-0.05, 0) is 53.6 Å². The molecular weight excluding hydrogens is 326 g/mol. The van der Waals surface area contributed by atoms with Crippen molar-refractivity contribution in [2.45, 2.75) is 58.1 Å². The first-order valence-electron chi connectivity index (χ1n) is 8.74. The molecule has 1 aliphatic heterocycles. The molecule has 1 N–H and O–H groups in total. The number of alkyl halides is 2. The maximum absolute atomic E-state index is 14.8. The largest absolute Gasteiger partial charge is 0.444 e. The summed E-state index contributed by atoms with van der Waals surface area (Å²) in [5.41, 5.74) is 0.115. The number of carbonyl (C=O) groups is 1. The minimum Gasteiger partial charge on any atom is -0.444 e. The molecule has 0 saturated carbocycles. The summed E-state index contributed by atoms with van der Waals surface area (Å²) in [6, 6.07) is 5.92. The monoisotopic (exact) mass is 354 g/mol. The maximum atomic E-state index is 14.8. The highest BCUT2D eigenvalue weighted by Gasteiger charge is 2.40. The second-order valence-corrected chi connectivity index (χ2v) is 7.66. The van der Waals surface area contributed by atoms with Crippen LogP contribution in [0.15, 0.2) is 24.3 Å². The van der Waals surface area contributed by atoms with Crippen molar-refractivity contribution >= 4 is 6.09 Å². The van der Waals surface area contributed by atoms with Gasteiger partial charge in [0, 0.05) is 11.6 Å². The van der Waals surface area contributed by atoms with Gasteiger partial charge in [0.25, 0.3) is 5.92 Å². The van der Waals surface area contributed by atoms with Crippen LogP contribution in [-0.2, 0) is 10.7 Å². The van der Waals surface area contributed by atoms with E-state index in [1.807, 2.05) is 6.92 Å². The predicted octanol–water partition coefficient (Wildman–Crippen LogP) is 4.08. The number of amides is 1. The number of piperidine rings is 1. The topological polar surface area (TPSA) is 41.6 Å². The Balaban J connectivity index is 2.21. The van der Waals surface area contributed by atoms with Crippen molar-refractivity contribution in [1.82, 2.24) is 10.2 Å². The number of ether oxygens (including phenoxy) is 1. The van der Waals surface area contributed by atoms with E-state index >= 15 is 0 Å². The van der Waals surface area contributed by atoms with E-state index in [0.717, 1.165) is 5.56 Å². The van der Waals surface area contributed by atoms with Crippen LogP contribution in [0.3, 0.4) is 0 Å². The Morgan fingerprint density at radius 2 is 1.76 bits per heavy atom. The highest BCUT2D eigenvalue weighted by molar-refractivity contribution is 5.68. The Hall–Kier alpha value is -1.69. The number of halogens is 2. The number of hydrogen-bond acceptors (Lipinski definition) is 3. The van der Waals surface area contributed by atoms with Crippen molar-refractivity contribution in [2.24, 2.45) is 0 Å². The summed E-state index contributed by atoms with van der Waals surface area (Å²) in [5, 5.41) is 3.19. The van der Waals surface area contributed by atoms with Crippen molar-refractivity contribution in [3.8, 4) is 0 Å².